The summed E-state index contributed by atoms with van der Waals surface area (Å²) in [6.45, 7) is 2.50. The van der Waals surface area contributed by atoms with Crippen molar-refractivity contribution in [1.82, 2.24) is 10.6 Å². The lowest BCUT2D eigenvalue weighted by molar-refractivity contribution is -0.127. The molecule has 2 aliphatic rings. The zero-order valence-electron chi connectivity index (χ0n) is 13.1. The Balaban J connectivity index is 1.62. The average molecular weight is 295 g/mol. The molecule has 0 aliphatic heterocycles. The molecule has 2 aliphatic carbocycles. The van der Waals surface area contributed by atoms with Gasteiger partial charge in [-0.15, -0.1) is 0 Å². The summed E-state index contributed by atoms with van der Waals surface area (Å²) in [4.78, 5) is 23.7. The molecule has 0 saturated heterocycles. The number of nitrogens with one attached hydrogen (secondary N) is 2. The number of amides is 2. The summed E-state index contributed by atoms with van der Waals surface area (Å²) in [7, 11) is 0. The smallest absolute Gasteiger partial charge is 0.239 e. The second-order valence-corrected chi connectivity index (χ2v) is 6.91. The van der Waals surface area contributed by atoms with E-state index in [1.165, 1.54) is 25.7 Å². The lowest BCUT2D eigenvalue weighted by atomic mass is 9.96. The summed E-state index contributed by atoms with van der Waals surface area (Å²) in [6, 6.07) is 0. The van der Waals surface area contributed by atoms with Crippen LogP contribution >= 0.6 is 0 Å². The third-order valence-electron chi connectivity index (χ3n) is 5.03. The molecule has 21 heavy (non-hydrogen) atoms. The second-order valence-electron chi connectivity index (χ2n) is 6.91. The third kappa shape index (κ3) is 4.99. The van der Waals surface area contributed by atoms with Crippen LogP contribution in [0.5, 0.6) is 0 Å². The van der Waals surface area contributed by atoms with E-state index < -0.39 is 0 Å². The molecule has 2 rings (SSSR count). The van der Waals surface area contributed by atoms with Crippen LogP contribution in [-0.2, 0) is 9.59 Å². The molecule has 0 radical (unpaired) electrons. The number of nitrogens with two attached hydrogens (primary N) is 1. The molecule has 0 heterocycles. The largest absolute Gasteiger partial charge is 0.348 e. The maximum atomic E-state index is 11.9. The number of carbonyl (C=O) groups excluding carboxylic acids is 2. The van der Waals surface area contributed by atoms with E-state index in [1.54, 1.807) is 0 Å². The van der Waals surface area contributed by atoms with Crippen LogP contribution in [0.25, 0.3) is 0 Å². The topological polar surface area (TPSA) is 84.2 Å². The van der Waals surface area contributed by atoms with Gasteiger partial charge in [-0.3, -0.25) is 9.59 Å². The highest BCUT2D eigenvalue weighted by molar-refractivity contribution is 5.85. The first kappa shape index (κ1) is 16.3. The molecule has 5 heteroatoms. The minimum absolute atomic E-state index is 0.0158. The molecule has 2 amide bonds. The van der Waals surface area contributed by atoms with Gasteiger partial charge in [-0.05, 0) is 38.0 Å². The maximum absolute atomic E-state index is 11.9. The Morgan fingerprint density at radius 2 is 1.81 bits per heavy atom. The normalized spacial score (nSPS) is 21.8. The quantitative estimate of drug-likeness (QED) is 0.631. The summed E-state index contributed by atoms with van der Waals surface area (Å²) in [6.07, 6.45) is 8.85. The van der Waals surface area contributed by atoms with Crippen LogP contribution < -0.4 is 16.4 Å². The van der Waals surface area contributed by atoms with E-state index in [-0.39, 0.29) is 23.9 Å². The van der Waals surface area contributed by atoms with Gasteiger partial charge in [0.25, 0.3) is 0 Å². The van der Waals surface area contributed by atoms with Crippen molar-refractivity contribution in [2.24, 2.45) is 17.6 Å². The molecular formula is C16H29N3O2. The average Bonchev–Trinajstić information content (AvgIpc) is 3.21. The maximum Gasteiger partial charge on any atom is 0.239 e. The van der Waals surface area contributed by atoms with Crippen LogP contribution in [0, 0.1) is 11.8 Å². The minimum Gasteiger partial charge on any atom is -0.348 e. The van der Waals surface area contributed by atoms with E-state index in [0.29, 0.717) is 24.8 Å². The predicted octanol–water partition coefficient (Wildman–Crippen LogP) is 1.32. The standard InChI is InChI=1S/C16H29N3O2/c1-16(11-17,13-7-8-13)19-15(21)10-18-14(20)9-6-12-4-2-3-5-12/h12-13H,2-11,17H2,1H3,(H,18,20)(H,19,21). The van der Waals surface area contributed by atoms with Crippen molar-refractivity contribution in [1.29, 1.82) is 0 Å². The molecule has 2 saturated carbocycles. The first-order valence-corrected chi connectivity index (χ1v) is 8.31. The van der Waals surface area contributed by atoms with E-state index in [0.717, 1.165) is 19.3 Å². The van der Waals surface area contributed by atoms with Gasteiger partial charge in [-0.1, -0.05) is 25.7 Å². The summed E-state index contributed by atoms with van der Waals surface area (Å²) in [5.41, 5.74) is 5.45. The fraction of sp³-hybridized carbons (Fsp3) is 0.875. The highest BCUT2D eigenvalue weighted by Gasteiger charge is 2.41. The molecule has 1 atom stereocenters. The van der Waals surface area contributed by atoms with E-state index in [2.05, 4.69) is 10.6 Å². The lowest BCUT2D eigenvalue weighted by Crippen LogP contribution is -2.55. The number of hydrogen-bond donors (Lipinski definition) is 3. The van der Waals surface area contributed by atoms with Crippen molar-refractivity contribution in [3.63, 3.8) is 0 Å². The van der Waals surface area contributed by atoms with Crippen molar-refractivity contribution >= 4 is 11.8 Å². The van der Waals surface area contributed by atoms with Gasteiger partial charge in [0.15, 0.2) is 0 Å². The van der Waals surface area contributed by atoms with Crippen LogP contribution in [0.4, 0.5) is 0 Å². The van der Waals surface area contributed by atoms with Gasteiger partial charge in [0.2, 0.25) is 11.8 Å². The fourth-order valence-corrected chi connectivity index (χ4v) is 3.30. The Labute approximate surface area is 127 Å². The molecular weight excluding hydrogens is 266 g/mol. The summed E-state index contributed by atoms with van der Waals surface area (Å²) in [5.74, 6) is 1.05. The summed E-state index contributed by atoms with van der Waals surface area (Å²) >= 11 is 0. The zero-order chi connectivity index (χ0) is 15.3. The van der Waals surface area contributed by atoms with Crippen molar-refractivity contribution in [3.8, 4) is 0 Å². The monoisotopic (exact) mass is 295 g/mol. The van der Waals surface area contributed by atoms with Gasteiger partial charge in [-0.25, -0.2) is 0 Å². The molecule has 120 valence electrons. The zero-order valence-corrected chi connectivity index (χ0v) is 13.1. The van der Waals surface area contributed by atoms with E-state index in [1.807, 2.05) is 6.92 Å². The van der Waals surface area contributed by atoms with Crippen molar-refractivity contribution in [3.05, 3.63) is 0 Å². The van der Waals surface area contributed by atoms with Gasteiger partial charge in [0.1, 0.15) is 0 Å². The highest BCUT2D eigenvalue weighted by Crippen LogP contribution is 2.38. The van der Waals surface area contributed by atoms with Crippen LogP contribution in [0.15, 0.2) is 0 Å². The molecule has 5 nitrogen and oxygen atoms in total. The number of carbonyl (C=O) groups is 2. The Kier molecular flexibility index (Phi) is 5.62. The Morgan fingerprint density at radius 1 is 1.14 bits per heavy atom. The number of hydrogen-bond acceptors (Lipinski definition) is 3. The third-order valence-corrected chi connectivity index (χ3v) is 5.03. The molecule has 0 spiro atoms. The van der Waals surface area contributed by atoms with Crippen LogP contribution in [-0.4, -0.2) is 30.4 Å². The predicted molar refractivity (Wildman–Crippen MR) is 82.5 cm³/mol. The minimum atomic E-state index is -0.314. The first-order chi connectivity index (χ1) is 10.0. The molecule has 2 fully saturated rings. The lowest BCUT2D eigenvalue weighted by Gasteiger charge is -2.29. The van der Waals surface area contributed by atoms with Gasteiger partial charge in [-0.2, -0.15) is 0 Å². The molecule has 0 bridgehead atoms. The molecule has 0 aromatic carbocycles. The first-order valence-electron chi connectivity index (χ1n) is 8.31. The van der Waals surface area contributed by atoms with Crippen LogP contribution in [0.3, 0.4) is 0 Å². The van der Waals surface area contributed by atoms with Crippen LogP contribution in [0.2, 0.25) is 0 Å². The molecule has 0 aromatic heterocycles. The Bertz CT molecular complexity index is 376. The SMILES string of the molecule is CC(CN)(NC(=O)CNC(=O)CCC1CCCC1)C1CC1. The highest BCUT2D eigenvalue weighted by atomic mass is 16.2. The van der Waals surface area contributed by atoms with E-state index in [9.17, 15) is 9.59 Å². The van der Waals surface area contributed by atoms with Crippen molar-refractivity contribution in [2.75, 3.05) is 13.1 Å². The number of rotatable bonds is 8. The van der Waals surface area contributed by atoms with Gasteiger partial charge < -0.3 is 16.4 Å². The van der Waals surface area contributed by atoms with Gasteiger partial charge in [0, 0.05) is 13.0 Å². The summed E-state index contributed by atoms with van der Waals surface area (Å²) in [5, 5.41) is 5.70. The van der Waals surface area contributed by atoms with Gasteiger partial charge in [0.05, 0.1) is 12.1 Å². The fourth-order valence-electron chi connectivity index (χ4n) is 3.30. The second kappa shape index (κ2) is 7.25. The summed E-state index contributed by atoms with van der Waals surface area (Å²) < 4.78 is 0. The molecule has 0 aromatic rings. The Hall–Kier alpha value is -1.10. The van der Waals surface area contributed by atoms with E-state index in [4.69, 9.17) is 5.73 Å². The van der Waals surface area contributed by atoms with Gasteiger partial charge >= 0.3 is 0 Å². The van der Waals surface area contributed by atoms with Crippen molar-refractivity contribution in [2.45, 2.75) is 63.8 Å². The Morgan fingerprint density at radius 3 is 2.38 bits per heavy atom. The van der Waals surface area contributed by atoms with Crippen LogP contribution in [0.1, 0.15) is 58.3 Å². The molecule has 4 N–H and O–H groups in total. The molecule has 1 unspecified atom stereocenters. The van der Waals surface area contributed by atoms with Crippen molar-refractivity contribution < 1.29 is 9.59 Å². The van der Waals surface area contributed by atoms with E-state index >= 15 is 0 Å².